The van der Waals surface area contributed by atoms with Crippen molar-refractivity contribution in [1.29, 1.82) is 0 Å². The molecule has 1 unspecified atom stereocenters. The third kappa shape index (κ3) is 2.14. The van der Waals surface area contributed by atoms with Gasteiger partial charge in [-0.15, -0.1) is 11.3 Å². The first kappa shape index (κ1) is 13.6. The van der Waals surface area contributed by atoms with Gasteiger partial charge in [-0.3, -0.25) is 4.68 Å². The first-order chi connectivity index (χ1) is 9.29. The molecule has 1 fully saturated rings. The van der Waals surface area contributed by atoms with Crippen LogP contribution in [0.15, 0.2) is 6.07 Å². The Labute approximate surface area is 122 Å². The van der Waals surface area contributed by atoms with E-state index in [4.69, 9.17) is 5.10 Å². The number of hydrogen-bond acceptors (Lipinski definition) is 3. The fourth-order valence-electron chi connectivity index (χ4n) is 2.64. The van der Waals surface area contributed by atoms with Crippen molar-refractivity contribution in [1.82, 2.24) is 9.78 Å². The molecule has 1 aliphatic carbocycles. The molecule has 0 aliphatic heterocycles. The first-order valence-corrected chi connectivity index (χ1v) is 7.86. The number of hydrogen-bond donors (Lipinski definition) is 1. The molecular weight excluding hydrogens is 272 g/mol. The van der Waals surface area contributed by atoms with E-state index in [1.807, 2.05) is 0 Å². The van der Waals surface area contributed by atoms with E-state index >= 15 is 0 Å². The minimum absolute atomic E-state index is 0.0797. The van der Waals surface area contributed by atoms with Gasteiger partial charge in [-0.05, 0) is 31.7 Å². The maximum Gasteiger partial charge on any atom is 0.345 e. The van der Waals surface area contributed by atoms with Crippen LogP contribution in [0.2, 0.25) is 0 Å². The van der Waals surface area contributed by atoms with Crippen molar-refractivity contribution in [2.45, 2.75) is 52.0 Å². The molecular formula is C15H20N2O2S. The summed E-state index contributed by atoms with van der Waals surface area (Å²) in [5.41, 5.74) is 0.924. The van der Waals surface area contributed by atoms with E-state index in [0.717, 1.165) is 15.9 Å². The van der Waals surface area contributed by atoms with Crippen molar-refractivity contribution in [2.24, 2.45) is 5.92 Å². The summed E-state index contributed by atoms with van der Waals surface area (Å²) in [6.07, 6.45) is 2.51. The number of aromatic carboxylic acids is 1. The summed E-state index contributed by atoms with van der Waals surface area (Å²) in [5, 5.41) is 15.1. The Hall–Kier alpha value is -1.36. The molecule has 3 rings (SSSR count). The van der Waals surface area contributed by atoms with Crippen LogP contribution in [0, 0.1) is 5.92 Å². The molecule has 0 bridgehead atoms. The van der Waals surface area contributed by atoms with Crippen LogP contribution in [0.5, 0.6) is 0 Å². The Bertz CT molecular complexity index is 674. The monoisotopic (exact) mass is 292 g/mol. The maximum absolute atomic E-state index is 11.2. The second-order valence-electron chi connectivity index (χ2n) is 6.76. The number of thiophene rings is 1. The average Bonchev–Trinajstić information content (AvgIpc) is 2.97. The van der Waals surface area contributed by atoms with Crippen LogP contribution < -0.4 is 0 Å². The van der Waals surface area contributed by atoms with Crippen LogP contribution >= 0.6 is 11.3 Å². The van der Waals surface area contributed by atoms with E-state index in [1.165, 1.54) is 24.2 Å². The Kier molecular flexibility index (Phi) is 2.94. The third-order valence-corrected chi connectivity index (χ3v) is 5.11. The second kappa shape index (κ2) is 4.32. The highest BCUT2D eigenvalue weighted by molar-refractivity contribution is 7.20. The number of fused-ring (bicyclic) bond motifs is 1. The van der Waals surface area contributed by atoms with Gasteiger partial charge in [0.15, 0.2) is 0 Å². The summed E-state index contributed by atoms with van der Waals surface area (Å²) in [4.78, 5) is 12.6. The van der Waals surface area contributed by atoms with Gasteiger partial charge < -0.3 is 5.11 Å². The predicted octanol–water partition coefficient (Wildman–Crippen LogP) is 4.06. The molecule has 4 nitrogen and oxygen atoms in total. The smallest absolute Gasteiger partial charge is 0.345 e. The van der Waals surface area contributed by atoms with Crippen LogP contribution in [-0.4, -0.2) is 20.9 Å². The Morgan fingerprint density at radius 3 is 2.65 bits per heavy atom. The minimum Gasteiger partial charge on any atom is -0.477 e. The molecule has 0 saturated heterocycles. The fraction of sp³-hybridized carbons (Fsp3) is 0.600. The van der Waals surface area contributed by atoms with Crippen molar-refractivity contribution in [3.05, 3.63) is 16.6 Å². The van der Waals surface area contributed by atoms with Crippen LogP contribution in [0.1, 0.15) is 61.9 Å². The highest BCUT2D eigenvalue weighted by Crippen LogP contribution is 2.43. The normalized spacial score (nSPS) is 17.6. The molecule has 2 aromatic rings. The highest BCUT2D eigenvalue weighted by Gasteiger charge is 2.33. The van der Waals surface area contributed by atoms with Gasteiger partial charge in [-0.25, -0.2) is 4.79 Å². The molecule has 0 aromatic carbocycles. The molecule has 2 aromatic heterocycles. The number of carboxylic acid groups (broad SMARTS) is 1. The number of aromatic nitrogens is 2. The zero-order valence-corrected chi connectivity index (χ0v) is 13.1. The Morgan fingerprint density at radius 1 is 1.50 bits per heavy atom. The lowest BCUT2D eigenvalue weighted by molar-refractivity contribution is 0.0702. The quantitative estimate of drug-likeness (QED) is 0.928. The predicted molar refractivity (Wildman–Crippen MR) is 80.7 cm³/mol. The second-order valence-corrected chi connectivity index (χ2v) is 7.79. The van der Waals surface area contributed by atoms with E-state index in [9.17, 15) is 9.90 Å². The van der Waals surface area contributed by atoms with Crippen molar-refractivity contribution in [3.8, 4) is 0 Å². The molecule has 1 saturated carbocycles. The van der Waals surface area contributed by atoms with Crippen molar-refractivity contribution in [3.63, 3.8) is 0 Å². The largest absolute Gasteiger partial charge is 0.477 e. The third-order valence-electron chi connectivity index (χ3n) is 3.99. The summed E-state index contributed by atoms with van der Waals surface area (Å²) < 4.78 is 2.06. The molecule has 2 heterocycles. The maximum atomic E-state index is 11.2. The van der Waals surface area contributed by atoms with E-state index in [-0.39, 0.29) is 5.41 Å². The molecule has 0 amide bonds. The lowest BCUT2D eigenvalue weighted by atomic mass is 9.91. The summed E-state index contributed by atoms with van der Waals surface area (Å²) >= 11 is 1.34. The lowest BCUT2D eigenvalue weighted by Gasteiger charge is -2.16. The van der Waals surface area contributed by atoms with E-state index < -0.39 is 5.97 Å². The molecule has 0 radical (unpaired) electrons. The summed E-state index contributed by atoms with van der Waals surface area (Å²) in [5.74, 6) is -0.155. The van der Waals surface area contributed by atoms with E-state index in [0.29, 0.717) is 16.8 Å². The van der Waals surface area contributed by atoms with Gasteiger partial charge in [-0.1, -0.05) is 20.8 Å². The molecule has 1 atom stereocenters. The van der Waals surface area contributed by atoms with Gasteiger partial charge in [0.2, 0.25) is 0 Å². The highest BCUT2D eigenvalue weighted by atomic mass is 32.1. The zero-order chi connectivity index (χ0) is 14.7. The minimum atomic E-state index is -0.850. The van der Waals surface area contributed by atoms with Gasteiger partial charge in [0.1, 0.15) is 9.71 Å². The SMILES string of the molecule is CC(C1CC1)n1nc(C(C)(C)C)c2cc(C(=O)O)sc21. The number of carboxylic acids is 1. The first-order valence-electron chi connectivity index (χ1n) is 7.05. The molecule has 108 valence electrons. The summed E-state index contributed by atoms with van der Waals surface area (Å²) in [6, 6.07) is 2.14. The van der Waals surface area contributed by atoms with Gasteiger partial charge >= 0.3 is 5.97 Å². The van der Waals surface area contributed by atoms with E-state index in [2.05, 4.69) is 32.4 Å². The number of carbonyl (C=O) groups is 1. The van der Waals surface area contributed by atoms with Gasteiger partial charge in [0.25, 0.3) is 0 Å². The van der Waals surface area contributed by atoms with Crippen LogP contribution in [-0.2, 0) is 5.41 Å². The van der Waals surface area contributed by atoms with E-state index in [1.54, 1.807) is 6.07 Å². The van der Waals surface area contributed by atoms with Crippen molar-refractivity contribution < 1.29 is 9.90 Å². The molecule has 20 heavy (non-hydrogen) atoms. The molecule has 1 N–H and O–H groups in total. The standard InChI is InChI=1S/C15H20N2O2S/c1-8(9-5-6-9)17-13-10(7-11(20-13)14(18)19)12(16-17)15(2,3)4/h7-9H,5-6H2,1-4H3,(H,18,19). The van der Waals surface area contributed by atoms with Gasteiger partial charge in [-0.2, -0.15) is 5.10 Å². The Balaban J connectivity index is 2.21. The average molecular weight is 292 g/mol. The molecule has 5 heteroatoms. The summed E-state index contributed by atoms with van der Waals surface area (Å²) in [6.45, 7) is 8.56. The van der Waals surface area contributed by atoms with Gasteiger partial charge in [0.05, 0.1) is 11.7 Å². The lowest BCUT2D eigenvalue weighted by Crippen LogP contribution is -2.15. The Morgan fingerprint density at radius 2 is 2.15 bits per heavy atom. The molecule has 1 aliphatic rings. The van der Waals surface area contributed by atoms with Crippen molar-refractivity contribution in [2.75, 3.05) is 0 Å². The number of nitrogens with zero attached hydrogens (tertiary/aromatic N) is 2. The number of rotatable bonds is 3. The zero-order valence-electron chi connectivity index (χ0n) is 12.3. The van der Waals surface area contributed by atoms with Crippen LogP contribution in [0.3, 0.4) is 0 Å². The van der Waals surface area contributed by atoms with Gasteiger partial charge in [0, 0.05) is 10.8 Å². The van der Waals surface area contributed by atoms with Crippen LogP contribution in [0.25, 0.3) is 10.2 Å². The topological polar surface area (TPSA) is 55.1 Å². The fourth-order valence-corrected chi connectivity index (χ4v) is 3.68. The van der Waals surface area contributed by atoms with Crippen molar-refractivity contribution >= 4 is 27.5 Å². The summed E-state index contributed by atoms with van der Waals surface area (Å²) in [7, 11) is 0. The van der Waals surface area contributed by atoms with Crippen LogP contribution in [0.4, 0.5) is 0 Å². The molecule has 0 spiro atoms.